The highest BCUT2D eigenvalue weighted by Crippen LogP contribution is 2.38. The zero-order valence-corrected chi connectivity index (χ0v) is 14.4. The van der Waals surface area contributed by atoms with Gasteiger partial charge in [0.05, 0.1) is 0 Å². The molecule has 7 heteroatoms. The van der Waals surface area contributed by atoms with Gasteiger partial charge in [-0.15, -0.1) is 12.4 Å². The molecule has 2 aromatic heterocycles. The van der Waals surface area contributed by atoms with Crippen molar-refractivity contribution in [2.45, 2.75) is 25.2 Å². The molecule has 2 heterocycles. The van der Waals surface area contributed by atoms with Crippen molar-refractivity contribution in [1.82, 2.24) is 15.2 Å². The summed E-state index contributed by atoms with van der Waals surface area (Å²) < 4.78 is 0. The lowest BCUT2D eigenvalue weighted by Gasteiger charge is -2.24. The Hall–Kier alpha value is -1.49. The van der Waals surface area contributed by atoms with Crippen LogP contribution in [0.4, 0.5) is 0 Å². The van der Waals surface area contributed by atoms with Gasteiger partial charge in [0.1, 0.15) is 0 Å². The number of aromatic amines is 2. The second-order valence-electron chi connectivity index (χ2n) is 5.70. The molecule has 0 saturated heterocycles. The maximum absolute atomic E-state index is 12.3. The van der Waals surface area contributed by atoms with Gasteiger partial charge in [0, 0.05) is 32.6 Å². The summed E-state index contributed by atoms with van der Waals surface area (Å²) in [6, 6.07) is 7.02. The van der Waals surface area contributed by atoms with Gasteiger partial charge in [-0.1, -0.05) is 29.6 Å². The summed E-state index contributed by atoms with van der Waals surface area (Å²) in [5, 5.41) is 9.28. The lowest BCUT2D eigenvalue weighted by molar-refractivity contribution is 0.413. The van der Waals surface area contributed by atoms with Gasteiger partial charge >= 0.3 is 0 Å². The predicted molar refractivity (Wildman–Crippen MR) is 96.0 cm³/mol. The van der Waals surface area contributed by atoms with Crippen LogP contribution in [0.2, 0.25) is 10.0 Å². The van der Waals surface area contributed by atoms with Crippen LogP contribution in [-0.4, -0.2) is 15.2 Å². The molecule has 1 fully saturated rings. The molecule has 1 aliphatic carbocycles. The lowest BCUT2D eigenvalue weighted by atomic mass is 9.82. The fraction of sp³-hybridized carbons (Fsp3) is 0.250. The average Bonchev–Trinajstić information content (AvgIpc) is 2.77. The van der Waals surface area contributed by atoms with Crippen molar-refractivity contribution in [3.8, 4) is 11.1 Å². The molecule has 4 rings (SSSR count). The molecule has 1 aliphatic rings. The zero-order chi connectivity index (χ0) is 15.3. The molecule has 23 heavy (non-hydrogen) atoms. The van der Waals surface area contributed by atoms with E-state index >= 15 is 0 Å². The smallest absolute Gasteiger partial charge is 0.257 e. The Morgan fingerprint density at radius 3 is 2.39 bits per heavy atom. The fourth-order valence-electron chi connectivity index (χ4n) is 2.92. The highest BCUT2D eigenvalue weighted by Gasteiger charge is 2.24. The molecule has 120 valence electrons. The third-order valence-corrected chi connectivity index (χ3v) is 4.72. The summed E-state index contributed by atoms with van der Waals surface area (Å²) in [6.07, 6.45) is 3.56. The van der Waals surface area contributed by atoms with Crippen molar-refractivity contribution < 1.29 is 0 Å². The Balaban J connectivity index is 0.00000156. The van der Waals surface area contributed by atoms with E-state index in [9.17, 15) is 4.79 Å². The van der Waals surface area contributed by atoms with Crippen LogP contribution in [-0.2, 0) is 0 Å². The molecule has 2 N–H and O–H groups in total. The van der Waals surface area contributed by atoms with Crippen LogP contribution in [0.1, 0.15) is 30.9 Å². The topological polar surface area (TPSA) is 61.5 Å². The van der Waals surface area contributed by atoms with Crippen LogP contribution in [0.25, 0.3) is 22.2 Å². The lowest BCUT2D eigenvalue weighted by Crippen LogP contribution is -2.11. The molecule has 4 nitrogen and oxygen atoms in total. The highest BCUT2D eigenvalue weighted by molar-refractivity contribution is 6.35. The van der Waals surface area contributed by atoms with Gasteiger partial charge in [0.15, 0.2) is 5.65 Å². The van der Waals surface area contributed by atoms with E-state index in [2.05, 4.69) is 15.2 Å². The summed E-state index contributed by atoms with van der Waals surface area (Å²) in [4.78, 5) is 15.2. The molecule has 0 bridgehead atoms. The number of H-pyrrole nitrogens is 2. The van der Waals surface area contributed by atoms with Crippen molar-refractivity contribution in [3.63, 3.8) is 0 Å². The highest BCUT2D eigenvalue weighted by atomic mass is 35.5. The number of aromatic nitrogens is 3. The molecule has 1 aromatic carbocycles. The first-order chi connectivity index (χ1) is 10.6. The second kappa shape index (κ2) is 6.19. The first kappa shape index (κ1) is 16.4. The van der Waals surface area contributed by atoms with E-state index < -0.39 is 0 Å². The van der Waals surface area contributed by atoms with Gasteiger partial charge in [-0.25, -0.2) is 0 Å². The number of fused-ring (bicyclic) bond motifs is 1. The van der Waals surface area contributed by atoms with E-state index in [4.69, 9.17) is 23.2 Å². The molecule has 0 unspecified atom stereocenters. The molecule has 3 aromatic rings. The van der Waals surface area contributed by atoms with Crippen LogP contribution in [0.5, 0.6) is 0 Å². The van der Waals surface area contributed by atoms with Crippen LogP contribution < -0.4 is 5.56 Å². The van der Waals surface area contributed by atoms with Crippen molar-refractivity contribution >= 4 is 46.6 Å². The van der Waals surface area contributed by atoms with Gasteiger partial charge < -0.3 is 4.98 Å². The number of hydrogen-bond donors (Lipinski definition) is 2. The zero-order valence-electron chi connectivity index (χ0n) is 12.0. The van der Waals surface area contributed by atoms with Crippen molar-refractivity contribution in [1.29, 1.82) is 0 Å². The monoisotopic (exact) mass is 369 g/mol. The Morgan fingerprint density at radius 1 is 1.09 bits per heavy atom. The first-order valence-corrected chi connectivity index (χ1v) is 7.95. The molecule has 1 saturated carbocycles. The molecular formula is C16H14Cl3N3O. The maximum atomic E-state index is 12.3. The normalized spacial score (nSPS) is 14.5. The van der Waals surface area contributed by atoms with E-state index in [1.807, 2.05) is 6.07 Å². The van der Waals surface area contributed by atoms with Crippen LogP contribution in [0, 0.1) is 0 Å². The molecule has 0 aliphatic heterocycles. The number of hydrogen-bond acceptors (Lipinski definition) is 2. The van der Waals surface area contributed by atoms with Crippen LogP contribution >= 0.6 is 35.6 Å². The quantitative estimate of drug-likeness (QED) is 0.673. The third kappa shape index (κ3) is 2.87. The number of pyridine rings is 1. The number of nitrogens with zero attached hydrogens (tertiary/aromatic N) is 1. The van der Waals surface area contributed by atoms with Crippen molar-refractivity contribution in [3.05, 3.63) is 50.4 Å². The SMILES string of the molecule is Cl.O=c1[nH]c2n[nH]c(C3CCC3)c2cc1-c1cc(Cl)cc(Cl)c1. The number of nitrogens with one attached hydrogen (secondary N) is 2. The van der Waals surface area contributed by atoms with E-state index in [0.29, 0.717) is 32.7 Å². The van der Waals surface area contributed by atoms with Gasteiger partial charge in [0.2, 0.25) is 0 Å². The van der Waals surface area contributed by atoms with E-state index in [1.54, 1.807) is 18.2 Å². The molecule has 0 radical (unpaired) electrons. The fourth-order valence-corrected chi connectivity index (χ4v) is 3.45. The van der Waals surface area contributed by atoms with Crippen LogP contribution in [0.3, 0.4) is 0 Å². The van der Waals surface area contributed by atoms with Crippen molar-refractivity contribution in [2.24, 2.45) is 0 Å². The maximum Gasteiger partial charge on any atom is 0.257 e. The predicted octanol–water partition coefficient (Wildman–Crippen LogP) is 4.91. The Kier molecular flexibility index (Phi) is 4.41. The number of rotatable bonds is 2. The van der Waals surface area contributed by atoms with Crippen molar-refractivity contribution in [2.75, 3.05) is 0 Å². The summed E-state index contributed by atoms with van der Waals surface area (Å²) in [6.45, 7) is 0. The summed E-state index contributed by atoms with van der Waals surface area (Å²) >= 11 is 12.1. The minimum absolute atomic E-state index is 0. The summed E-state index contributed by atoms with van der Waals surface area (Å²) in [5.74, 6) is 0.506. The first-order valence-electron chi connectivity index (χ1n) is 7.19. The summed E-state index contributed by atoms with van der Waals surface area (Å²) in [5.41, 5.74) is 2.77. The Bertz CT molecular complexity index is 908. The van der Waals surface area contributed by atoms with Gasteiger partial charge in [-0.2, -0.15) is 5.10 Å². The summed E-state index contributed by atoms with van der Waals surface area (Å²) in [7, 11) is 0. The number of benzene rings is 1. The Morgan fingerprint density at radius 2 is 1.78 bits per heavy atom. The standard InChI is InChI=1S/C16H13Cl2N3O.ClH/c17-10-4-9(5-11(18)6-10)12-7-13-14(8-2-1-3-8)20-21-15(13)19-16(12)22;/h4-8H,1-3H2,(H2,19,20,21,22);1H. The van der Waals surface area contributed by atoms with Crippen LogP contribution in [0.15, 0.2) is 29.1 Å². The largest absolute Gasteiger partial charge is 0.305 e. The minimum Gasteiger partial charge on any atom is -0.305 e. The van der Waals surface area contributed by atoms with E-state index in [-0.39, 0.29) is 18.0 Å². The van der Waals surface area contributed by atoms with Gasteiger partial charge in [0.25, 0.3) is 5.56 Å². The van der Waals surface area contributed by atoms with E-state index in [0.717, 1.165) is 23.9 Å². The van der Waals surface area contributed by atoms with E-state index in [1.165, 1.54) is 6.42 Å². The third-order valence-electron chi connectivity index (χ3n) is 4.29. The minimum atomic E-state index is -0.197. The molecule has 0 spiro atoms. The van der Waals surface area contributed by atoms with Gasteiger partial charge in [-0.05, 0) is 42.7 Å². The average molecular weight is 371 g/mol. The molecular weight excluding hydrogens is 357 g/mol. The molecule has 0 atom stereocenters. The van der Waals surface area contributed by atoms with Gasteiger partial charge in [-0.3, -0.25) is 9.89 Å². The second-order valence-corrected chi connectivity index (χ2v) is 6.57. The number of halogens is 3. The molecule has 0 amide bonds. The Labute approximate surface area is 148 Å².